The predicted octanol–water partition coefficient (Wildman–Crippen LogP) is 3.00. The summed E-state index contributed by atoms with van der Waals surface area (Å²) in [6.45, 7) is 7.01. The third-order valence-corrected chi connectivity index (χ3v) is 4.96. The molecule has 1 heterocycles. The van der Waals surface area contributed by atoms with Crippen LogP contribution in [0.5, 0.6) is 0 Å². The number of aryl methyl sites for hydroxylation is 1. The summed E-state index contributed by atoms with van der Waals surface area (Å²) in [4.78, 5) is 36.1. The fourth-order valence-corrected chi connectivity index (χ4v) is 3.01. The number of hydrogen-bond acceptors (Lipinski definition) is 6. The zero-order valence-corrected chi connectivity index (χ0v) is 18.4. The Labute approximate surface area is 180 Å². The van der Waals surface area contributed by atoms with Crippen LogP contribution < -0.4 is 5.32 Å². The van der Waals surface area contributed by atoms with Gasteiger partial charge in [0.1, 0.15) is 6.04 Å². The Morgan fingerprint density at radius 1 is 1.17 bits per heavy atom. The molecule has 0 spiro atoms. The normalized spacial score (nSPS) is 11.8. The molecular weight excluding hydrogens is 410 g/mol. The first kappa shape index (κ1) is 23.4. The highest BCUT2D eigenvalue weighted by Gasteiger charge is 2.23. The number of benzene rings is 1. The first-order valence-electron chi connectivity index (χ1n) is 9.50. The van der Waals surface area contributed by atoms with E-state index in [-0.39, 0.29) is 11.5 Å². The zero-order valence-electron chi connectivity index (χ0n) is 17.7. The van der Waals surface area contributed by atoms with Crippen molar-refractivity contribution in [2.24, 2.45) is 5.92 Å². The van der Waals surface area contributed by atoms with Crippen LogP contribution in [0.25, 0.3) is 5.69 Å². The summed E-state index contributed by atoms with van der Waals surface area (Å²) >= 11 is 6.17. The van der Waals surface area contributed by atoms with E-state index >= 15 is 0 Å². The van der Waals surface area contributed by atoms with Gasteiger partial charge >= 0.3 is 11.9 Å². The Morgan fingerprint density at radius 3 is 2.30 bits per heavy atom. The van der Waals surface area contributed by atoms with Crippen molar-refractivity contribution in [2.75, 3.05) is 13.7 Å². The standard InChI is InChI=1S/C21H26ClN3O5/c1-12(2)10-17(21(28)29-5)23-18(26)11-30-20(27)15-6-8-16(9-7-15)25-14(4)19(22)13(3)24-25/h6-9,12,17H,10-11H2,1-5H3,(H,23,26). The number of aromatic nitrogens is 2. The van der Waals surface area contributed by atoms with E-state index in [0.717, 1.165) is 11.4 Å². The van der Waals surface area contributed by atoms with E-state index in [9.17, 15) is 14.4 Å². The second kappa shape index (κ2) is 10.2. The number of amides is 1. The summed E-state index contributed by atoms with van der Waals surface area (Å²) in [6, 6.07) is 5.80. The van der Waals surface area contributed by atoms with Crippen LogP contribution in [0.4, 0.5) is 0 Å². The number of nitrogens with zero attached hydrogens (tertiary/aromatic N) is 2. The minimum Gasteiger partial charge on any atom is -0.467 e. The van der Waals surface area contributed by atoms with Gasteiger partial charge < -0.3 is 14.8 Å². The minimum absolute atomic E-state index is 0.174. The molecule has 8 nitrogen and oxygen atoms in total. The van der Waals surface area contributed by atoms with Gasteiger partial charge in [-0.25, -0.2) is 14.3 Å². The summed E-state index contributed by atoms with van der Waals surface area (Å²) in [5, 5.41) is 7.49. The lowest BCUT2D eigenvalue weighted by molar-refractivity contribution is -0.145. The third-order valence-electron chi connectivity index (χ3n) is 4.41. The van der Waals surface area contributed by atoms with Gasteiger partial charge in [0.05, 0.1) is 34.8 Å². The molecule has 0 bridgehead atoms. The van der Waals surface area contributed by atoms with Crippen molar-refractivity contribution in [3.05, 3.63) is 46.2 Å². The molecule has 0 saturated heterocycles. The minimum atomic E-state index is -0.784. The van der Waals surface area contributed by atoms with E-state index in [0.29, 0.717) is 17.1 Å². The number of carbonyl (C=O) groups is 3. The molecule has 30 heavy (non-hydrogen) atoms. The van der Waals surface area contributed by atoms with Crippen molar-refractivity contribution in [2.45, 2.75) is 40.2 Å². The van der Waals surface area contributed by atoms with E-state index < -0.39 is 30.5 Å². The molecule has 1 N–H and O–H groups in total. The van der Waals surface area contributed by atoms with Gasteiger partial charge in [0.25, 0.3) is 5.91 Å². The molecule has 0 radical (unpaired) electrons. The molecular formula is C21H26ClN3O5. The van der Waals surface area contributed by atoms with E-state index in [1.165, 1.54) is 7.11 Å². The largest absolute Gasteiger partial charge is 0.467 e. The lowest BCUT2D eigenvalue weighted by Crippen LogP contribution is -2.44. The van der Waals surface area contributed by atoms with Crippen LogP contribution in [-0.2, 0) is 19.1 Å². The lowest BCUT2D eigenvalue weighted by atomic mass is 10.0. The SMILES string of the molecule is COC(=O)C(CC(C)C)NC(=O)COC(=O)c1ccc(-n2nc(C)c(Cl)c2C)cc1. The highest BCUT2D eigenvalue weighted by atomic mass is 35.5. The van der Waals surface area contributed by atoms with Gasteiger partial charge in [-0.15, -0.1) is 0 Å². The first-order valence-corrected chi connectivity index (χ1v) is 9.88. The van der Waals surface area contributed by atoms with E-state index in [1.807, 2.05) is 27.7 Å². The Kier molecular flexibility index (Phi) is 8.00. The second-order valence-corrected chi connectivity index (χ2v) is 7.67. The van der Waals surface area contributed by atoms with Gasteiger partial charge in [-0.1, -0.05) is 25.4 Å². The Balaban J connectivity index is 1.96. The molecule has 1 unspecified atom stereocenters. The van der Waals surface area contributed by atoms with Crippen molar-refractivity contribution in [3.8, 4) is 5.69 Å². The highest BCUT2D eigenvalue weighted by molar-refractivity contribution is 6.31. The van der Waals surface area contributed by atoms with Crippen LogP contribution in [0.1, 0.15) is 42.0 Å². The Bertz CT molecular complexity index is 921. The Hall–Kier alpha value is -2.87. The topological polar surface area (TPSA) is 99.5 Å². The molecule has 0 fully saturated rings. The maximum absolute atomic E-state index is 12.2. The quantitative estimate of drug-likeness (QED) is 0.640. The number of esters is 2. The molecule has 162 valence electrons. The number of nitrogens with one attached hydrogen (secondary N) is 1. The molecule has 9 heteroatoms. The average molecular weight is 436 g/mol. The number of ether oxygens (including phenoxy) is 2. The zero-order chi connectivity index (χ0) is 22.4. The van der Waals surface area contributed by atoms with Crippen LogP contribution in [-0.4, -0.2) is 47.4 Å². The number of rotatable bonds is 8. The molecule has 0 aliphatic rings. The third kappa shape index (κ3) is 5.82. The number of methoxy groups -OCH3 is 1. The second-order valence-electron chi connectivity index (χ2n) is 7.29. The van der Waals surface area contributed by atoms with Gasteiger partial charge in [0.15, 0.2) is 6.61 Å². The van der Waals surface area contributed by atoms with Crippen LogP contribution >= 0.6 is 11.6 Å². The molecule has 1 aromatic carbocycles. The summed E-state index contributed by atoms with van der Waals surface area (Å²) in [5.41, 5.74) is 2.53. The molecule has 2 rings (SSSR count). The maximum Gasteiger partial charge on any atom is 0.338 e. The van der Waals surface area contributed by atoms with E-state index in [4.69, 9.17) is 21.1 Å². The molecule has 1 amide bonds. The predicted molar refractivity (Wildman–Crippen MR) is 112 cm³/mol. The van der Waals surface area contributed by atoms with Gasteiger partial charge in [0, 0.05) is 0 Å². The fourth-order valence-electron chi connectivity index (χ4n) is 2.89. The molecule has 0 saturated carbocycles. The smallest absolute Gasteiger partial charge is 0.338 e. The fraction of sp³-hybridized carbons (Fsp3) is 0.429. The van der Waals surface area contributed by atoms with Crippen LogP contribution in [0, 0.1) is 19.8 Å². The number of carbonyl (C=O) groups excluding carboxylic acids is 3. The van der Waals surface area contributed by atoms with Gasteiger partial charge in [-0.2, -0.15) is 5.10 Å². The average Bonchev–Trinajstić information content (AvgIpc) is 2.98. The maximum atomic E-state index is 12.2. The molecule has 1 atom stereocenters. The molecule has 1 aromatic heterocycles. The molecule has 0 aliphatic carbocycles. The van der Waals surface area contributed by atoms with Gasteiger partial charge in [0.2, 0.25) is 0 Å². The number of halogens is 1. The monoisotopic (exact) mass is 435 g/mol. The van der Waals surface area contributed by atoms with E-state index in [2.05, 4.69) is 10.4 Å². The molecule has 2 aromatic rings. The summed E-state index contributed by atoms with van der Waals surface area (Å²) in [7, 11) is 1.26. The van der Waals surface area contributed by atoms with Crippen molar-refractivity contribution in [3.63, 3.8) is 0 Å². The van der Waals surface area contributed by atoms with Crippen molar-refractivity contribution >= 4 is 29.4 Å². The van der Waals surface area contributed by atoms with Crippen molar-refractivity contribution in [1.29, 1.82) is 0 Å². The number of hydrogen-bond donors (Lipinski definition) is 1. The van der Waals surface area contributed by atoms with Gasteiger partial charge in [-0.3, -0.25) is 4.79 Å². The summed E-state index contributed by atoms with van der Waals surface area (Å²) < 4.78 is 11.4. The first-order chi connectivity index (χ1) is 14.1. The van der Waals surface area contributed by atoms with Crippen LogP contribution in [0.2, 0.25) is 5.02 Å². The van der Waals surface area contributed by atoms with Crippen LogP contribution in [0.3, 0.4) is 0 Å². The van der Waals surface area contributed by atoms with Crippen molar-refractivity contribution in [1.82, 2.24) is 15.1 Å². The summed E-state index contributed by atoms with van der Waals surface area (Å²) in [6.07, 6.45) is 0.421. The molecule has 0 aliphatic heterocycles. The summed E-state index contributed by atoms with van der Waals surface area (Å²) in [5.74, 6) is -1.59. The lowest BCUT2D eigenvalue weighted by Gasteiger charge is -2.18. The van der Waals surface area contributed by atoms with E-state index in [1.54, 1.807) is 28.9 Å². The Morgan fingerprint density at radius 2 is 1.80 bits per heavy atom. The van der Waals surface area contributed by atoms with Crippen molar-refractivity contribution < 1.29 is 23.9 Å². The van der Waals surface area contributed by atoms with Crippen LogP contribution in [0.15, 0.2) is 24.3 Å². The highest BCUT2D eigenvalue weighted by Crippen LogP contribution is 2.22. The van der Waals surface area contributed by atoms with Gasteiger partial charge in [-0.05, 0) is 50.5 Å².